The van der Waals surface area contributed by atoms with Gasteiger partial charge in [-0.15, -0.1) is 0 Å². The van der Waals surface area contributed by atoms with Crippen LogP contribution in [-0.4, -0.2) is 40.1 Å². The highest BCUT2D eigenvalue weighted by Gasteiger charge is 2.25. The zero-order chi connectivity index (χ0) is 21.8. The molecule has 1 aliphatic heterocycles. The van der Waals surface area contributed by atoms with Gasteiger partial charge in [-0.25, -0.2) is 4.98 Å². The summed E-state index contributed by atoms with van der Waals surface area (Å²) in [5, 5.41) is 2.93. The Morgan fingerprint density at radius 1 is 1.16 bits per heavy atom. The summed E-state index contributed by atoms with van der Waals surface area (Å²) < 4.78 is 7.36. The van der Waals surface area contributed by atoms with Crippen LogP contribution in [0.1, 0.15) is 32.5 Å². The summed E-state index contributed by atoms with van der Waals surface area (Å²) in [6.45, 7) is 5.00. The lowest BCUT2D eigenvalue weighted by Crippen LogP contribution is -2.40. The Hall–Kier alpha value is -3.19. The van der Waals surface area contributed by atoms with Gasteiger partial charge in [-0.3, -0.25) is 9.59 Å². The number of fused-ring (bicyclic) bond motifs is 1. The maximum absolute atomic E-state index is 13.4. The number of hydrogen-bond acceptors (Lipinski definition) is 4. The molecule has 1 N–H and O–H groups in total. The molecule has 3 aromatic rings. The molecule has 2 heterocycles. The third kappa shape index (κ3) is 4.61. The molecule has 1 saturated heterocycles. The summed E-state index contributed by atoms with van der Waals surface area (Å²) in [5.74, 6) is 0.490. The lowest BCUT2D eigenvalue weighted by molar-refractivity contribution is -0.130. The molecule has 1 atom stereocenters. The Labute approximate surface area is 182 Å². The van der Waals surface area contributed by atoms with E-state index in [0.717, 1.165) is 29.6 Å². The van der Waals surface area contributed by atoms with Crippen molar-refractivity contribution >= 4 is 28.5 Å². The van der Waals surface area contributed by atoms with E-state index in [-0.39, 0.29) is 30.9 Å². The molecule has 1 aromatic heterocycles. The minimum atomic E-state index is -0.394. The summed E-state index contributed by atoms with van der Waals surface area (Å²) in [7, 11) is 0. The van der Waals surface area contributed by atoms with E-state index in [0.29, 0.717) is 12.4 Å². The summed E-state index contributed by atoms with van der Waals surface area (Å²) in [6.07, 6.45) is 1.24. The third-order valence-electron chi connectivity index (χ3n) is 5.49. The van der Waals surface area contributed by atoms with Gasteiger partial charge >= 0.3 is 0 Å². The molecule has 0 spiro atoms. The first-order valence-electron chi connectivity index (χ1n) is 10.7. The zero-order valence-corrected chi connectivity index (χ0v) is 18.0. The normalized spacial score (nSPS) is 16.0. The highest BCUT2D eigenvalue weighted by molar-refractivity contribution is 5.94. The molecule has 4 rings (SSSR count). The molecule has 0 saturated carbocycles. The molecule has 31 heavy (non-hydrogen) atoms. The molecule has 2 aromatic carbocycles. The predicted octanol–water partition coefficient (Wildman–Crippen LogP) is 3.27. The second-order valence-electron chi connectivity index (χ2n) is 8.02. The fourth-order valence-electron chi connectivity index (χ4n) is 4.03. The van der Waals surface area contributed by atoms with E-state index in [1.165, 1.54) is 0 Å². The monoisotopic (exact) mass is 420 g/mol. The smallest absolute Gasteiger partial charge is 0.249 e. The molecule has 7 nitrogen and oxygen atoms in total. The van der Waals surface area contributed by atoms with Crippen molar-refractivity contribution in [2.24, 2.45) is 0 Å². The van der Waals surface area contributed by atoms with Crippen LogP contribution in [0.25, 0.3) is 11.0 Å². The molecular formula is C24H28N4O3. The van der Waals surface area contributed by atoms with Crippen LogP contribution in [0, 0.1) is 0 Å². The number of imidazole rings is 1. The molecule has 0 bridgehead atoms. The number of aromatic nitrogens is 2. The van der Waals surface area contributed by atoms with E-state index in [9.17, 15) is 9.59 Å². The molecule has 1 unspecified atom stereocenters. The molecule has 1 fully saturated rings. The van der Waals surface area contributed by atoms with Crippen molar-refractivity contribution in [3.63, 3.8) is 0 Å². The van der Waals surface area contributed by atoms with Gasteiger partial charge in [-0.1, -0.05) is 30.3 Å². The van der Waals surface area contributed by atoms with Crippen molar-refractivity contribution in [2.75, 3.05) is 11.5 Å². The topological polar surface area (TPSA) is 76.5 Å². The van der Waals surface area contributed by atoms with Crippen molar-refractivity contribution < 1.29 is 14.3 Å². The summed E-state index contributed by atoms with van der Waals surface area (Å²) in [4.78, 5) is 32.2. The highest BCUT2D eigenvalue weighted by Crippen LogP contribution is 2.21. The van der Waals surface area contributed by atoms with Gasteiger partial charge in [0.25, 0.3) is 0 Å². The van der Waals surface area contributed by atoms with Crippen LogP contribution in [0.15, 0.2) is 54.6 Å². The first kappa shape index (κ1) is 21.1. The summed E-state index contributed by atoms with van der Waals surface area (Å²) in [5.41, 5.74) is 2.53. The number of amides is 2. The van der Waals surface area contributed by atoms with Crippen molar-refractivity contribution in [1.29, 1.82) is 0 Å². The second kappa shape index (κ2) is 9.31. The number of carbonyl (C=O) groups is 2. The fraction of sp³-hybridized carbons (Fsp3) is 0.375. The number of nitrogens with one attached hydrogen (secondary N) is 1. The number of benzene rings is 2. The summed E-state index contributed by atoms with van der Waals surface area (Å²) in [6, 6.07) is 17.4. The van der Waals surface area contributed by atoms with Crippen molar-refractivity contribution in [1.82, 2.24) is 14.9 Å². The maximum atomic E-state index is 13.4. The quantitative estimate of drug-likeness (QED) is 0.636. The number of nitrogens with zero attached hydrogens (tertiary/aromatic N) is 3. The first-order chi connectivity index (χ1) is 15.0. The lowest BCUT2D eigenvalue weighted by Gasteiger charge is -2.27. The van der Waals surface area contributed by atoms with Crippen LogP contribution in [-0.2, 0) is 27.4 Å². The van der Waals surface area contributed by atoms with Gasteiger partial charge in [0.1, 0.15) is 18.5 Å². The Balaban J connectivity index is 1.59. The molecule has 7 heteroatoms. The van der Waals surface area contributed by atoms with E-state index in [1.807, 2.05) is 73.0 Å². The van der Waals surface area contributed by atoms with Gasteiger partial charge in [-0.2, -0.15) is 0 Å². The molecule has 0 aliphatic carbocycles. The minimum Gasteiger partial charge on any atom is -0.368 e. The van der Waals surface area contributed by atoms with Gasteiger partial charge in [0.2, 0.25) is 11.8 Å². The Morgan fingerprint density at radius 3 is 2.61 bits per heavy atom. The number of carbonyl (C=O) groups excluding carboxylic acids is 2. The average molecular weight is 421 g/mol. The fourth-order valence-corrected chi connectivity index (χ4v) is 4.03. The highest BCUT2D eigenvalue weighted by atomic mass is 16.5. The Morgan fingerprint density at radius 2 is 1.90 bits per heavy atom. The number of para-hydroxylation sites is 3. The molecule has 1 aliphatic rings. The van der Waals surface area contributed by atoms with Crippen LogP contribution < -0.4 is 10.2 Å². The number of hydrogen-bond donors (Lipinski definition) is 1. The number of ether oxygens (including phenoxy) is 1. The molecule has 0 radical (unpaired) electrons. The van der Waals surface area contributed by atoms with Crippen molar-refractivity contribution in [3.8, 4) is 0 Å². The van der Waals surface area contributed by atoms with Crippen LogP contribution in [0.5, 0.6) is 0 Å². The maximum Gasteiger partial charge on any atom is 0.249 e. The SMILES string of the molecule is CC(C)N(C(=O)Cn1c(CNC(=O)C2CCCO2)nc2ccccc21)c1ccccc1. The largest absolute Gasteiger partial charge is 0.368 e. The second-order valence-corrected chi connectivity index (χ2v) is 8.02. The van der Waals surface area contributed by atoms with E-state index < -0.39 is 6.10 Å². The minimum absolute atomic E-state index is 0.00681. The van der Waals surface area contributed by atoms with Gasteiger partial charge in [0.05, 0.1) is 17.6 Å². The lowest BCUT2D eigenvalue weighted by atomic mass is 10.2. The number of anilines is 1. The average Bonchev–Trinajstić information content (AvgIpc) is 3.42. The van der Waals surface area contributed by atoms with Gasteiger partial charge in [0.15, 0.2) is 0 Å². The predicted molar refractivity (Wildman–Crippen MR) is 120 cm³/mol. The van der Waals surface area contributed by atoms with Crippen LogP contribution >= 0.6 is 0 Å². The Kier molecular flexibility index (Phi) is 6.32. The molecular weight excluding hydrogens is 392 g/mol. The molecule has 2 amide bonds. The Bertz CT molecular complexity index is 1060. The molecule has 162 valence electrons. The van der Waals surface area contributed by atoms with Crippen molar-refractivity contribution in [3.05, 3.63) is 60.4 Å². The van der Waals surface area contributed by atoms with Crippen molar-refractivity contribution in [2.45, 2.75) is 51.9 Å². The van der Waals surface area contributed by atoms with Crippen LogP contribution in [0.4, 0.5) is 5.69 Å². The van der Waals surface area contributed by atoms with Gasteiger partial charge < -0.3 is 19.5 Å². The van der Waals surface area contributed by atoms with E-state index >= 15 is 0 Å². The zero-order valence-electron chi connectivity index (χ0n) is 18.0. The summed E-state index contributed by atoms with van der Waals surface area (Å²) >= 11 is 0. The van der Waals surface area contributed by atoms with E-state index in [2.05, 4.69) is 10.3 Å². The van der Waals surface area contributed by atoms with Gasteiger partial charge in [0, 0.05) is 18.3 Å². The standard InChI is InChI=1S/C24H28N4O3/c1-17(2)28(18-9-4-3-5-10-18)23(29)16-27-20-12-7-6-11-19(20)26-22(27)15-25-24(30)21-13-8-14-31-21/h3-7,9-12,17,21H,8,13-16H2,1-2H3,(H,25,30). The van der Waals surface area contributed by atoms with Gasteiger partial charge in [-0.05, 0) is 51.0 Å². The van der Waals surface area contributed by atoms with Crippen LogP contribution in [0.3, 0.4) is 0 Å². The first-order valence-corrected chi connectivity index (χ1v) is 10.7. The van der Waals surface area contributed by atoms with E-state index in [4.69, 9.17) is 4.74 Å². The van der Waals surface area contributed by atoms with E-state index in [1.54, 1.807) is 4.90 Å². The van der Waals surface area contributed by atoms with Crippen LogP contribution in [0.2, 0.25) is 0 Å². The number of rotatable bonds is 7. The third-order valence-corrected chi connectivity index (χ3v) is 5.49.